The highest BCUT2D eigenvalue weighted by Gasteiger charge is 2.24. The van der Waals surface area contributed by atoms with Gasteiger partial charge >= 0.3 is 5.97 Å². The molecule has 1 aromatic carbocycles. The summed E-state index contributed by atoms with van der Waals surface area (Å²) in [6.07, 6.45) is 1.74. The predicted molar refractivity (Wildman–Crippen MR) is 124 cm³/mol. The van der Waals surface area contributed by atoms with Gasteiger partial charge in [0.25, 0.3) is 0 Å². The lowest BCUT2D eigenvalue weighted by Crippen LogP contribution is -2.10. The summed E-state index contributed by atoms with van der Waals surface area (Å²) in [7, 11) is 1.63. The molecule has 0 aliphatic carbocycles. The summed E-state index contributed by atoms with van der Waals surface area (Å²) in [5, 5.41) is 10.7. The zero-order valence-electron chi connectivity index (χ0n) is 18.1. The Balaban J connectivity index is 1.61. The molecule has 1 unspecified atom stereocenters. The molecular formula is C23H25N3O5S. The number of nitrogens with zero attached hydrogens (tertiary/aromatic N) is 2. The third-order valence-electron chi connectivity index (χ3n) is 4.70. The molecule has 32 heavy (non-hydrogen) atoms. The number of carbonyl (C=O) groups is 1. The van der Waals surface area contributed by atoms with Gasteiger partial charge in [0, 0.05) is 23.8 Å². The SMILES string of the molecule is COCc1ccc(Oc2cc(OC(C)C)c3[nH]c(C4=NCC(CC(=O)O)S4)cc3c2)cn1. The predicted octanol–water partition coefficient (Wildman–Crippen LogP) is 4.63. The molecule has 0 spiro atoms. The van der Waals surface area contributed by atoms with Crippen LogP contribution in [0.25, 0.3) is 10.9 Å². The van der Waals surface area contributed by atoms with Crippen LogP contribution in [0.2, 0.25) is 0 Å². The van der Waals surface area contributed by atoms with Crippen molar-refractivity contribution in [3.05, 3.63) is 47.9 Å². The zero-order valence-corrected chi connectivity index (χ0v) is 18.9. The van der Waals surface area contributed by atoms with E-state index < -0.39 is 5.97 Å². The normalized spacial score (nSPS) is 15.9. The number of H-pyrrole nitrogens is 1. The topological polar surface area (TPSA) is 106 Å². The molecule has 0 saturated carbocycles. The summed E-state index contributed by atoms with van der Waals surface area (Å²) < 4.78 is 17.2. The number of fused-ring (bicyclic) bond motifs is 1. The number of aromatic nitrogens is 2. The van der Waals surface area contributed by atoms with Gasteiger partial charge in [-0.1, -0.05) is 11.8 Å². The van der Waals surface area contributed by atoms with Gasteiger partial charge in [-0.05, 0) is 38.1 Å². The van der Waals surface area contributed by atoms with E-state index in [4.69, 9.17) is 19.3 Å². The molecule has 2 N–H and O–H groups in total. The van der Waals surface area contributed by atoms with Crippen molar-refractivity contribution in [2.75, 3.05) is 13.7 Å². The molecule has 8 nitrogen and oxygen atoms in total. The largest absolute Gasteiger partial charge is 0.489 e. The maximum absolute atomic E-state index is 11.0. The van der Waals surface area contributed by atoms with E-state index in [0.717, 1.165) is 27.3 Å². The summed E-state index contributed by atoms with van der Waals surface area (Å²) in [6.45, 7) is 4.88. The third-order valence-corrected chi connectivity index (χ3v) is 5.92. The first-order valence-electron chi connectivity index (χ1n) is 10.3. The van der Waals surface area contributed by atoms with Gasteiger partial charge in [0.1, 0.15) is 22.3 Å². The van der Waals surface area contributed by atoms with Gasteiger partial charge in [-0.2, -0.15) is 0 Å². The van der Waals surface area contributed by atoms with E-state index in [1.165, 1.54) is 11.8 Å². The first kappa shape index (κ1) is 22.2. The summed E-state index contributed by atoms with van der Waals surface area (Å²) >= 11 is 1.49. The molecular weight excluding hydrogens is 430 g/mol. The number of benzene rings is 1. The lowest BCUT2D eigenvalue weighted by Gasteiger charge is -2.13. The van der Waals surface area contributed by atoms with Gasteiger partial charge in [0.2, 0.25) is 0 Å². The van der Waals surface area contributed by atoms with E-state index in [1.54, 1.807) is 13.3 Å². The number of pyridine rings is 1. The number of nitrogens with one attached hydrogen (secondary N) is 1. The molecule has 3 aromatic rings. The van der Waals surface area contributed by atoms with Crippen molar-refractivity contribution in [2.24, 2.45) is 4.99 Å². The Morgan fingerprint density at radius 1 is 1.28 bits per heavy atom. The monoisotopic (exact) mass is 455 g/mol. The van der Waals surface area contributed by atoms with Crippen LogP contribution in [0.15, 0.2) is 41.5 Å². The molecule has 168 valence electrons. The van der Waals surface area contributed by atoms with Gasteiger partial charge in [-0.15, -0.1) is 0 Å². The van der Waals surface area contributed by atoms with Gasteiger partial charge < -0.3 is 24.3 Å². The molecule has 1 aliphatic rings. The minimum Gasteiger partial charge on any atom is -0.489 e. The molecule has 0 radical (unpaired) electrons. The number of aliphatic imine (C=N–C) groups is 1. The van der Waals surface area contributed by atoms with Crippen LogP contribution in [0.1, 0.15) is 31.7 Å². The highest BCUT2D eigenvalue weighted by molar-refractivity contribution is 8.15. The Hall–Kier alpha value is -3.04. The van der Waals surface area contributed by atoms with Crippen molar-refractivity contribution < 1.29 is 24.1 Å². The van der Waals surface area contributed by atoms with Crippen LogP contribution in [-0.4, -0.2) is 51.1 Å². The number of rotatable bonds is 9. The Morgan fingerprint density at radius 3 is 2.81 bits per heavy atom. The summed E-state index contributed by atoms with van der Waals surface area (Å²) in [5.41, 5.74) is 2.51. The second-order valence-electron chi connectivity index (χ2n) is 7.74. The molecule has 4 rings (SSSR count). The quantitative estimate of drug-likeness (QED) is 0.485. The molecule has 1 aliphatic heterocycles. The molecule has 0 bridgehead atoms. The van der Waals surface area contributed by atoms with Crippen LogP contribution in [0.5, 0.6) is 17.2 Å². The average molecular weight is 456 g/mol. The molecule has 0 fully saturated rings. The lowest BCUT2D eigenvalue weighted by atomic mass is 10.2. The fourth-order valence-corrected chi connectivity index (χ4v) is 4.49. The number of aliphatic carboxylic acids is 1. The Bertz CT molecular complexity index is 1140. The number of ether oxygens (including phenoxy) is 3. The average Bonchev–Trinajstić information content (AvgIpc) is 3.36. The summed E-state index contributed by atoms with van der Waals surface area (Å²) in [5.74, 6) is 1.11. The maximum Gasteiger partial charge on any atom is 0.304 e. The standard InChI is InChI=1S/C23H25N3O5S/c1-13(2)30-20-8-17(31-16-5-4-15(12-29-3)24-10-16)6-14-7-19(26-22(14)20)23-25-11-18(32-23)9-21(27)28/h4-8,10,13,18,26H,9,11-12H2,1-3H3,(H,27,28). The van der Waals surface area contributed by atoms with Crippen molar-refractivity contribution in [3.8, 4) is 17.2 Å². The number of hydrogen-bond donors (Lipinski definition) is 2. The fourth-order valence-electron chi connectivity index (χ4n) is 3.41. The third kappa shape index (κ3) is 5.23. The summed E-state index contributed by atoms with van der Waals surface area (Å²) in [4.78, 5) is 23.3. The second-order valence-corrected chi connectivity index (χ2v) is 9.03. The van der Waals surface area contributed by atoms with Crippen LogP contribution in [0, 0.1) is 0 Å². The van der Waals surface area contributed by atoms with E-state index in [9.17, 15) is 4.79 Å². The molecule has 0 amide bonds. The number of thioether (sulfide) groups is 1. The second kappa shape index (κ2) is 9.62. The van der Waals surface area contributed by atoms with Crippen LogP contribution in [0.3, 0.4) is 0 Å². The minimum atomic E-state index is -0.810. The van der Waals surface area contributed by atoms with Crippen molar-refractivity contribution >= 4 is 33.7 Å². The van der Waals surface area contributed by atoms with Crippen molar-refractivity contribution in [1.82, 2.24) is 9.97 Å². The summed E-state index contributed by atoms with van der Waals surface area (Å²) in [6, 6.07) is 9.48. The molecule has 2 aromatic heterocycles. The number of aromatic amines is 1. The van der Waals surface area contributed by atoms with E-state index in [2.05, 4.69) is 15.0 Å². The van der Waals surface area contributed by atoms with Gasteiger partial charge in [0.15, 0.2) is 0 Å². The number of methoxy groups -OCH3 is 1. The Morgan fingerprint density at radius 2 is 2.12 bits per heavy atom. The van der Waals surface area contributed by atoms with E-state index >= 15 is 0 Å². The smallest absolute Gasteiger partial charge is 0.304 e. The highest BCUT2D eigenvalue weighted by Crippen LogP contribution is 2.36. The van der Waals surface area contributed by atoms with Gasteiger partial charge in [-0.25, -0.2) is 0 Å². The number of carboxylic acid groups (broad SMARTS) is 1. The molecule has 3 heterocycles. The van der Waals surface area contributed by atoms with Crippen LogP contribution in [-0.2, 0) is 16.1 Å². The molecule has 0 saturated heterocycles. The minimum absolute atomic E-state index is 0.0201. The van der Waals surface area contributed by atoms with Crippen LogP contribution in [0.4, 0.5) is 0 Å². The number of carboxylic acids is 1. The maximum atomic E-state index is 11.0. The van der Waals surface area contributed by atoms with Crippen LogP contribution >= 0.6 is 11.8 Å². The van der Waals surface area contributed by atoms with Gasteiger partial charge in [0.05, 0.1) is 48.8 Å². The fraction of sp³-hybridized carbons (Fsp3) is 0.348. The molecule has 9 heteroatoms. The zero-order chi connectivity index (χ0) is 22.7. The van der Waals surface area contributed by atoms with Crippen molar-refractivity contribution in [1.29, 1.82) is 0 Å². The number of hydrogen-bond acceptors (Lipinski definition) is 7. The van der Waals surface area contributed by atoms with Crippen LogP contribution < -0.4 is 9.47 Å². The Labute approximate surface area is 190 Å². The highest BCUT2D eigenvalue weighted by atomic mass is 32.2. The Kier molecular flexibility index (Phi) is 6.66. The first-order valence-corrected chi connectivity index (χ1v) is 11.2. The first-order chi connectivity index (χ1) is 15.4. The van der Waals surface area contributed by atoms with Gasteiger partial charge in [-0.3, -0.25) is 14.8 Å². The van der Waals surface area contributed by atoms with Crippen molar-refractivity contribution in [3.63, 3.8) is 0 Å². The van der Waals surface area contributed by atoms with E-state index in [0.29, 0.717) is 30.4 Å². The van der Waals surface area contributed by atoms with E-state index in [-0.39, 0.29) is 17.8 Å². The molecule has 1 atom stereocenters. The van der Waals surface area contributed by atoms with E-state index in [1.807, 2.05) is 44.2 Å². The lowest BCUT2D eigenvalue weighted by molar-refractivity contribution is -0.136. The van der Waals surface area contributed by atoms with Crippen molar-refractivity contribution in [2.45, 2.75) is 38.2 Å².